The highest BCUT2D eigenvalue weighted by molar-refractivity contribution is 6.30. The molecule has 0 saturated heterocycles. The van der Waals surface area contributed by atoms with E-state index in [1.807, 2.05) is 73.7 Å². The first-order valence-electron chi connectivity index (χ1n) is 10.2. The van der Waals surface area contributed by atoms with Gasteiger partial charge in [-0.2, -0.15) is 0 Å². The molecule has 0 aliphatic heterocycles. The lowest BCUT2D eigenvalue weighted by Crippen LogP contribution is -2.27. The minimum Gasteiger partial charge on any atom is -0.384 e. The molecular formula is C25H20ClN5O. The Bertz CT molecular complexity index is 1460. The predicted octanol–water partition coefficient (Wildman–Crippen LogP) is 5.30. The standard InChI is InChI=1S/C25H20ClN5O/c1-15(16-8-3-2-4-9-16)28-25(32)21-22-24(30-20-13-6-5-12-19(20)29-22)31(23(21)27)18-11-7-10-17(26)14-18/h2-15H,27H2,1H3,(H,28,32)/t15-/m0/s1. The predicted molar refractivity (Wildman–Crippen MR) is 128 cm³/mol. The largest absolute Gasteiger partial charge is 0.384 e. The van der Waals surface area contributed by atoms with Crippen molar-refractivity contribution < 1.29 is 4.79 Å². The van der Waals surface area contributed by atoms with E-state index in [0.29, 0.717) is 38.5 Å². The van der Waals surface area contributed by atoms with Crippen LogP contribution in [0.25, 0.3) is 27.9 Å². The molecule has 2 heterocycles. The number of aromatic nitrogens is 3. The molecule has 7 heteroatoms. The van der Waals surface area contributed by atoms with Crippen LogP contribution in [0.15, 0.2) is 78.9 Å². The first kappa shape index (κ1) is 20.0. The molecule has 5 aromatic rings. The third-order valence-corrected chi connectivity index (χ3v) is 5.67. The van der Waals surface area contributed by atoms with Gasteiger partial charge in [0.2, 0.25) is 0 Å². The molecule has 3 aromatic carbocycles. The van der Waals surface area contributed by atoms with Crippen molar-refractivity contribution in [3.63, 3.8) is 0 Å². The second-order valence-electron chi connectivity index (χ2n) is 7.57. The van der Waals surface area contributed by atoms with Gasteiger partial charge in [-0.05, 0) is 42.8 Å². The van der Waals surface area contributed by atoms with E-state index in [1.165, 1.54) is 0 Å². The van der Waals surface area contributed by atoms with Gasteiger partial charge in [-0.1, -0.05) is 60.1 Å². The summed E-state index contributed by atoms with van der Waals surface area (Å²) in [6.45, 7) is 1.93. The molecule has 0 aliphatic carbocycles. The van der Waals surface area contributed by atoms with Crippen LogP contribution in [0.5, 0.6) is 0 Å². The minimum absolute atomic E-state index is 0.207. The van der Waals surface area contributed by atoms with Crippen molar-refractivity contribution in [3.05, 3.63) is 95.0 Å². The molecule has 1 atom stereocenters. The lowest BCUT2D eigenvalue weighted by molar-refractivity contribution is 0.0942. The van der Waals surface area contributed by atoms with Gasteiger partial charge in [0.15, 0.2) is 5.65 Å². The van der Waals surface area contributed by atoms with Crippen LogP contribution in [0.3, 0.4) is 0 Å². The van der Waals surface area contributed by atoms with Crippen LogP contribution in [0.4, 0.5) is 5.82 Å². The van der Waals surface area contributed by atoms with Crippen LogP contribution in [0.1, 0.15) is 28.9 Å². The molecule has 0 spiro atoms. The topological polar surface area (TPSA) is 85.8 Å². The first-order valence-corrected chi connectivity index (χ1v) is 10.6. The Balaban J connectivity index is 1.70. The van der Waals surface area contributed by atoms with E-state index in [4.69, 9.17) is 27.3 Å². The molecule has 32 heavy (non-hydrogen) atoms. The number of carbonyl (C=O) groups is 1. The molecule has 158 valence electrons. The van der Waals surface area contributed by atoms with Crippen molar-refractivity contribution in [2.45, 2.75) is 13.0 Å². The van der Waals surface area contributed by atoms with Gasteiger partial charge in [0.1, 0.15) is 16.9 Å². The van der Waals surface area contributed by atoms with Crippen LogP contribution in [-0.2, 0) is 0 Å². The Labute approximate surface area is 189 Å². The first-order chi connectivity index (χ1) is 15.5. The number of fused-ring (bicyclic) bond motifs is 2. The maximum absolute atomic E-state index is 13.4. The van der Waals surface area contributed by atoms with Gasteiger partial charge in [0, 0.05) is 5.02 Å². The SMILES string of the molecule is C[C@H](NC(=O)c1c(N)n(-c2cccc(Cl)c2)c2nc3ccccc3nc12)c1ccccc1. The second kappa shape index (κ2) is 7.98. The maximum atomic E-state index is 13.4. The number of rotatable bonds is 4. The number of anilines is 1. The third-order valence-electron chi connectivity index (χ3n) is 5.44. The quantitative estimate of drug-likeness (QED) is 0.396. The summed E-state index contributed by atoms with van der Waals surface area (Å²) >= 11 is 6.23. The summed E-state index contributed by atoms with van der Waals surface area (Å²) in [7, 11) is 0. The van der Waals surface area contributed by atoms with E-state index in [9.17, 15) is 4.79 Å². The average Bonchev–Trinajstić information content (AvgIpc) is 3.08. The molecular weight excluding hydrogens is 422 g/mol. The van der Waals surface area contributed by atoms with Gasteiger partial charge >= 0.3 is 0 Å². The van der Waals surface area contributed by atoms with E-state index >= 15 is 0 Å². The smallest absolute Gasteiger partial charge is 0.257 e. The number of nitrogen functional groups attached to an aromatic ring is 1. The number of nitrogens with zero attached hydrogens (tertiary/aromatic N) is 3. The van der Waals surface area contributed by atoms with Crippen LogP contribution < -0.4 is 11.1 Å². The number of benzene rings is 3. The molecule has 0 unspecified atom stereocenters. The maximum Gasteiger partial charge on any atom is 0.257 e. The third kappa shape index (κ3) is 3.44. The summed E-state index contributed by atoms with van der Waals surface area (Å²) in [6.07, 6.45) is 0. The molecule has 0 fully saturated rings. The highest BCUT2D eigenvalue weighted by Gasteiger charge is 2.26. The van der Waals surface area contributed by atoms with Gasteiger partial charge in [-0.25, -0.2) is 9.97 Å². The number of carbonyl (C=O) groups excluding carboxylic acids is 1. The molecule has 2 aromatic heterocycles. The molecule has 0 radical (unpaired) electrons. The summed E-state index contributed by atoms with van der Waals surface area (Å²) < 4.78 is 1.72. The number of hydrogen-bond donors (Lipinski definition) is 2. The Morgan fingerprint density at radius 2 is 1.66 bits per heavy atom. The van der Waals surface area contributed by atoms with Crippen LogP contribution in [0.2, 0.25) is 5.02 Å². The normalized spacial score (nSPS) is 12.2. The zero-order valence-corrected chi connectivity index (χ0v) is 18.0. The average molecular weight is 442 g/mol. The van der Waals surface area contributed by atoms with Crippen LogP contribution in [-0.4, -0.2) is 20.4 Å². The van der Waals surface area contributed by atoms with Crippen molar-refractivity contribution in [3.8, 4) is 5.69 Å². The number of amides is 1. The van der Waals surface area contributed by atoms with Gasteiger partial charge in [-0.15, -0.1) is 0 Å². The fraction of sp³-hybridized carbons (Fsp3) is 0.0800. The summed E-state index contributed by atoms with van der Waals surface area (Å²) in [5, 5.41) is 3.60. The Kier molecular flexibility index (Phi) is 4.99. The van der Waals surface area contributed by atoms with Crippen molar-refractivity contribution in [2.24, 2.45) is 0 Å². The van der Waals surface area contributed by atoms with Crippen molar-refractivity contribution in [1.29, 1.82) is 0 Å². The monoisotopic (exact) mass is 441 g/mol. The molecule has 3 N–H and O–H groups in total. The van der Waals surface area contributed by atoms with Crippen molar-refractivity contribution in [2.75, 3.05) is 5.73 Å². The lowest BCUT2D eigenvalue weighted by atomic mass is 10.1. The number of para-hydroxylation sites is 2. The van der Waals surface area contributed by atoms with E-state index in [1.54, 1.807) is 16.7 Å². The number of halogens is 1. The Morgan fingerprint density at radius 1 is 0.969 bits per heavy atom. The summed E-state index contributed by atoms with van der Waals surface area (Å²) in [6, 6.07) is 24.3. The summed E-state index contributed by atoms with van der Waals surface area (Å²) in [4.78, 5) is 22.9. The van der Waals surface area contributed by atoms with Crippen molar-refractivity contribution in [1.82, 2.24) is 19.9 Å². The zero-order valence-electron chi connectivity index (χ0n) is 17.3. The Hall–Kier alpha value is -3.90. The molecule has 0 aliphatic rings. The second-order valence-corrected chi connectivity index (χ2v) is 8.00. The van der Waals surface area contributed by atoms with Gasteiger partial charge < -0.3 is 11.1 Å². The fourth-order valence-electron chi connectivity index (χ4n) is 3.86. The van der Waals surface area contributed by atoms with Gasteiger partial charge in [-0.3, -0.25) is 9.36 Å². The van der Waals surface area contributed by atoms with E-state index < -0.39 is 0 Å². The minimum atomic E-state index is -0.311. The summed E-state index contributed by atoms with van der Waals surface area (Å²) in [5.41, 5.74) is 10.9. The number of hydrogen-bond acceptors (Lipinski definition) is 4. The number of nitrogens with one attached hydrogen (secondary N) is 1. The van der Waals surface area contributed by atoms with Crippen LogP contribution in [0, 0.1) is 0 Å². The van der Waals surface area contributed by atoms with Gasteiger partial charge in [0.25, 0.3) is 5.91 Å². The number of nitrogens with two attached hydrogens (primary N) is 1. The molecule has 0 saturated carbocycles. The highest BCUT2D eigenvalue weighted by atomic mass is 35.5. The van der Waals surface area contributed by atoms with Crippen molar-refractivity contribution >= 4 is 45.5 Å². The van der Waals surface area contributed by atoms with Gasteiger partial charge in [0.05, 0.1) is 22.8 Å². The highest BCUT2D eigenvalue weighted by Crippen LogP contribution is 2.32. The lowest BCUT2D eigenvalue weighted by Gasteiger charge is -2.14. The van der Waals surface area contributed by atoms with Crippen LogP contribution >= 0.6 is 11.6 Å². The van der Waals surface area contributed by atoms with E-state index in [-0.39, 0.29) is 17.8 Å². The zero-order chi connectivity index (χ0) is 22.2. The molecule has 0 bridgehead atoms. The molecule has 5 rings (SSSR count). The fourth-order valence-corrected chi connectivity index (χ4v) is 4.04. The van der Waals surface area contributed by atoms with E-state index in [0.717, 1.165) is 5.56 Å². The molecule has 6 nitrogen and oxygen atoms in total. The molecule has 1 amide bonds. The van der Waals surface area contributed by atoms with E-state index in [2.05, 4.69) is 5.32 Å². The Morgan fingerprint density at radius 3 is 2.38 bits per heavy atom. The summed E-state index contributed by atoms with van der Waals surface area (Å²) in [5.74, 6) is -0.0513.